The third-order valence-electron chi connectivity index (χ3n) is 3.59. The summed E-state index contributed by atoms with van der Waals surface area (Å²) in [6.07, 6.45) is 3.80. The second-order valence-corrected chi connectivity index (χ2v) is 5.31. The van der Waals surface area contributed by atoms with Crippen molar-refractivity contribution >= 4 is 5.91 Å². The van der Waals surface area contributed by atoms with Gasteiger partial charge in [0.2, 0.25) is 0 Å². The molecule has 0 atom stereocenters. The first-order chi connectivity index (χ1) is 10.8. The molecule has 0 aliphatic heterocycles. The van der Waals surface area contributed by atoms with Crippen LogP contribution in [-0.2, 0) is 6.54 Å². The molecule has 1 N–H and O–H groups in total. The van der Waals surface area contributed by atoms with Crippen molar-refractivity contribution in [1.82, 2.24) is 10.5 Å². The Bertz CT molecular complexity index is 781. The predicted molar refractivity (Wildman–Crippen MR) is 76.1 cm³/mol. The summed E-state index contributed by atoms with van der Waals surface area (Å²) in [4.78, 5) is 12.0. The summed E-state index contributed by atoms with van der Waals surface area (Å²) in [6, 6.07) is 8.93. The number of carbonyl (C=O) groups is 1. The van der Waals surface area contributed by atoms with Crippen LogP contribution in [-0.4, -0.2) is 11.1 Å². The Hall–Kier alpha value is -2.76. The average Bonchev–Trinajstić information content (AvgIpc) is 3.02. The Kier molecular flexibility index (Phi) is 3.07. The van der Waals surface area contributed by atoms with Crippen molar-refractivity contribution in [3.05, 3.63) is 53.8 Å². The van der Waals surface area contributed by atoms with Crippen LogP contribution in [0.1, 0.15) is 40.8 Å². The number of aromatic nitrogens is 1. The smallest absolute Gasteiger partial charge is 0.273 e. The van der Waals surface area contributed by atoms with E-state index in [1.165, 1.54) is 0 Å². The van der Waals surface area contributed by atoms with E-state index in [9.17, 15) is 4.79 Å². The first-order valence-electron chi connectivity index (χ1n) is 7.17. The SMILES string of the molecule is O=C(NCc1ccc(-c2ccco2)o1)c1cc(C2CC2)on1. The van der Waals surface area contributed by atoms with Gasteiger partial charge >= 0.3 is 0 Å². The standard InChI is InChI=1S/C16H14N2O4/c19-16(12-8-15(22-18-12)10-3-4-10)17-9-11-5-6-14(21-11)13-2-1-7-20-13/h1-2,5-8,10H,3-4,9H2,(H,17,19). The quantitative estimate of drug-likeness (QED) is 0.781. The molecule has 0 radical (unpaired) electrons. The van der Waals surface area contributed by atoms with Crippen LogP contribution in [0.3, 0.4) is 0 Å². The molecule has 3 aromatic rings. The lowest BCUT2D eigenvalue weighted by Gasteiger charge is -1.99. The van der Waals surface area contributed by atoms with Gasteiger partial charge in [-0.15, -0.1) is 0 Å². The third kappa shape index (κ3) is 2.55. The fourth-order valence-electron chi connectivity index (χ4n) is 2.24. The van der Waals surface area contributed by atoms with Gasteiger partial charge in [0.15, 0.2) is 17.2 Å². The molecule has 3 heterocycles. The lowest BCUT2D eigenvalue weighted by Crippen LogP contribution is -2.22. The van der Waals surface area contributed by atoms with Crippen molar-refractivity contribution in [1.29, 1.82) is 0 Å². The molecule has 1 saturated carbocycles. The van der Waals surface area contributed by atoms with E-state index in [-0.39, 0.29) is 12.5 Å². The maximum absolute atomic E-state index is 12.0. The molecule has 0 unspecified atom stereocenters. The monoisotopic (exact) mass is 298 g/mol. The highest BCUT2D eigenvalue weighted by atomic mass is 16.5. The zero-order valence-electron chi connectivity index (χ0n) is 11.7. The van der Waals surface area contributed by atoms with Gasteiger partial charge in [-0.2, -0.15) is 0 Å². The van der Waals surface area contributed by atoms with Crippen molar-refractivity contribution < 1.29 is 18.2 Å². The molecule has 3 aromatic heterocycles. The lowest BCUT2D eigenvalue weighted by atomic mass is 10.3. The Morgan fingerprint density at radius 2 is 2.18 bits per heavy atom. The Morgan fingerprint density at radius 3 is 2.95 bits per heavy atom. The van der Waals surface area contributed by atoms with Gasteiger partial charge in [0.25, 0.3) is 5.91 Å². The van der Waals surface area contributed by atoms with Crippen LogP contribution in [0.4, 0.5) is 0 Å². The summed E-state index contributed by atoms with van der Waals surface area (Å²) in [5.41, 5.74) is 0.305. The first kappa shape index (κ1) is 12.9. The van der Waals surface area contributed by atoms with Crippen LogP contribution in [0.2, 0.25) is 0 Å². The van der Waals surface area contributed by atoms with E-state index in [2.05, 4.69) is 10.5 Å². The van der Waals surface area contributed by atoms with Crippen LogP contribution < -0.4 is 5.32 Å². The summed E-state index contributed by atoms with van der Waals surface area (Å²) >= 11 is 0. The fraction of sp³-hybridized carbons (Fsp3) is 0.250. The van der Waals surface area contributed by atoms with Gasteiger partial charge < -0.3 is 18.7 Å². The molecule has 1 aliphatic carbocycles. The molecular formula is C16H14N2O4. The topological polar surface area (TPSA) is 81.4 Å². The summed E-state index contributed by atoms with van der Waals surface area (Å²) in [5.74, 6) is 2.89. The van der Waals surface area contributed by atoms with E-state index in [0.717, 1.165) is 18.6 Å². The van der Waals surface area contributed by atoms with Crippen LogP contribution in [0.15, 0.2) is 50.0 Å². The Morgan fingerprint density at radius 1 is 1.27 bits per heavy atom. The number of carbonyl (C=O) groups excluding carboxylic acids is 1. The molecule has 0 saturated heterocycles. The molecular weight excluding hydrogens is 284 g/mol. The highest BCUT2D eigenvalue weighted by Gasteiger charge is 2.28. The number of nitrogens with zero attached hydrogens (tertiary/aromatic N) is 1. The molecule has 112 valence electrons. The lowest BCUT2D eigenvalue weighted by molar-refractivity contribution is 0.0939. The third-order valence-corrected chi connectivity index (χ3v) is 3.59. The number of hydrogen-bond acceptors (Lipinski definition) is 5. The van der Waals surface area contributed by atoms with Crippen LogP contribution in [0, 0.1) is 0 Å². The molecule has 0 bridgehead atoms. The molecule has 1 amide bonds. The number of rotatable bonds is 5. The van der Waals surface area contributed by atoms with E-state index < -0.39 is 0 Å². The van der Waals surface area contributed by atoms with E-state index in [0.29, 0.717) is 28.9 Å². The first-order valence-corrected chi connectivity index (χ1v) is 7.17. The van der Waals surface area contributed by atoms with Gasteiger partial charge in [0.1, 0.15) is 11.5 Å². The highest BCUT2D eigenvalue weighted by molar-refractivity contribution is 5.92. The molecule has 4 rings (SSSR count). The summed E-state index contributed by atoms with van der Waals surface area (Å²) in [5, 5.41) is 6.56. The number of amides is 1. The highest BCUT2D eigenvalue weighted by Crippen LogP contribution is 2.40. The minimum Gasteiger partial charge on any atom is -0.461 e. The fourth-order valence-corrected chi connectivity index (χ4v) is 2.24. The summed E-state index contributed by atoms with van der Waals surface area (Å²) in [7, 11) is 0. The second kappa shape index (κ2) is 5.22. The average molecular weight is 298 g/mol. The van der Waals surface area contributed by atoms with Crippen molar-refractivity contribution in [2.45, 2.75) is 25.3 Å². The molecule has 6 nitrogen and oxygen atoms in total. The molecule has 1 aliphatic rings. The molecule has 0 spiro atoms. The maximum atomic E-state index is 12.0. The second-order valence-electron chi connectivity index (χ2n) is 5.31. The molecule has 6 heteroatoms. The van der Waals surface area contributed by atoms with Gasteiger partial charge in [-0.25, -0.2) is 0 Å². The number of hydrogen-bond donors (Lipinski definition) is 1. The molecule has 22 heavy (non-hydrogen) atoms. The minimum absolute atomic E-state index is 0.272. The molecule has 1 fully saturated rings. The number of furan rings is 2. The van der Waals surface area contributed by atoms with E-state index in [1.54, 1.807) is 24.5 Å². The van der Waals surface area contributed by atoms with Gasteiger partial charge in [-0.3, -0.25) is 4.79 Å². The van der Waals surface area contributed by atoms with Crippen molar-refractivity contribution in [2.75, 3.05) is 0 Å². The molecule has 0 aromatic carbocycles. The van der Waals surface area contributed by atoms with Crippen molar-refractivity contribution in [2.24, 2.45) is 0 Å². The predicted octanol–water partition coefficient (Wildman–Crippen LogP) is 3.34. The van der Waals surface area contributed by atoms with E-state index in [4.69, 9.17) is 13.4 Å². The Balaban J connectivity index is 1.38. The van der Waals surface area contributed by atoms with E-state index >= 15 is 0 Å². The van der Waals surface area contributed by atoms with Gasteiger partial charge in [0.05, 0.1) is 12.8 Å². The zero-order valence-corrected chi connectivity index (χ0v) is 11.7. The summed E-state index contributed by atoms with van der Waals surface area (Å²) < 4.78 is 16.0. The van der Waals surface area contributed by atoms with Crippen LogP contribution in [0.25, 0.3) is 11.5 Å². The van der Waals surface area contributed by atoms with Crippen LogP contribution >= 0.6 is 0 Å². The Labute approximate surface area is 126 Å². The largest absolute Gasteiger partial charge is 0.461 e. The van der Waals surface area contributed by atoms with Crippen molar-refractivity contribution in [3.8, 4) is 11.5 Å². The minimum atomic E-state index is -0.272. The van der Waals surface area contributed by atoms with Crippen LogP contribution in [0.5, 0.6) is 0 Å². The maximum Gasteiger partial charge on any atom is 0.273 e. The normalized spacial score (nSPS) is 14.2. The van der Waals surface area contributed by atoms with Gasteiger partial charge in [-0.1, -0.05) is 5.16 Å². The summed E-state index contributed by atoms with van der Waals surface area (Å²) in [6.45, 7) is 0.283. The van der Waals surface area contributed by atoms with E-state index in [1.807, 2.05) is 12.1 Å². The van der Waals surface area contributed by atoms with Crippen molar-refractivity contribution in [3.63, 3.8) is 0 Å². The zero-order chi connectivity index (χ0) is 14.9. The van der Waals surface area contributed by atoms with Gasteiger partial charge in [0, 0.05) is 12.0 Å². The van der Waals surface area contributed by atoms with Gasteiger partial charge in [-0.05, 0) is 37.1 Å². The number of nitrogens with one attached hydrogen (secondary N) is 1.